The van der Waals surface area contributed by atoms with Gasteiger partial charge in [-0.1, -0.05) is 37.5 Å². The lowest BCUT2D eigenvalue weighted by Crippen LogP contribution is -2.43. The lowest BCUT2D eigenvalue weighted by molar-refractivity contribution is -0.117. The second-order valence-corrected chi connectivity index (χ2v) is 8.77. The molecule has 2 aliphatic rings. The maximum absolute atomic E-state index is 13.3. The summed E-state index contributed by atoms with van der Waals surface area (Å²) in [5.41, 5.74) is 3.23. The molecule has 5 nitrogen and oxygen atoms in total. The number of anilines is 2. The fourth-order valence-corrected chi connectivity index (χ4v) is 4.16. The van der Waals surface area contributed by atoms with E-state index in [4.69, 9.17) is 0 Å². The minimum absolute atomic E-state index is 0.0428. The number of aryl methyl sites for hydroxylation is 1. The van der Waals surface area contributed by atoms with Gasteiger partial charge in [0.25, 0.3) is 0 Å². The van der Waals surface area contributed by atoms with Crippen LogP contribution in [0.2, 0.25) is 0 Å². The first-order valence-electron chi connectivity index (χ1n) is 11.2. The summed E-state index contributed by atoms with van der Waals surface area (Å²) in [6.07, 6.45) is 7.27. The van der Waals surface area contributed by atoms with Gasteiger partial charge in [0, 0.05) is 29.9 Å². The fraction of sp³-hybridized carbons (Fsp3) is 0.440. The van der Waals surface area contributed by atoms with Crippen LogP contribution in [0.15, 0.2) is 42.5 Å². The number of hydrogen-bond acceptors (Lipinski definition) is 2. The molecule has 2 saturated carbocycles. The van der Waals surface area contributed by atoms with Gasteiger partial charge in [-0.15, -0.1) is 0 Å². The predicted molar refractivity (Wildman–Crippen MR) is 120 cm³/mol. The van der Waals surface area contributed by atoms with Gasteiger partial charge in [-0.3, -0.25) is 4.79 Å². The molecule has 0 aliphatic heterocycles. The third kappa shape index (κ3) is 5.63. The SMILES string of the molecule is Cc1ccc(NC(=O)C2CC2)cc1NC(=O)N(Cc1ccc(F)cc1)C1CCCCC1. The molecule has 2 aromatic rings. The number of amides is 3. The Morgan fingerprint density at radius 3 is 2.35 bits per heavy atom. The van der Waals surface area contributed by atoms with Gasteiger partial charge in [-0.05, 0) is 68.0 Å². The number of nitrogens with one attached hydrogen (secondary N) is 2. The maximum atomic E-state index is 13.3. The minimum atomic E-state index is -0.280. The number of carbonyl (C=O) groups excluding carboxylic acids is 2. The second-order valence-electron chi connectivity index (χ2n) is 8.77. The molecule has 31 heavy (non-hydrogen) atoms. The van der Waals surface area contributed by atoms with Crippen molar-refractivity contribution < 1.29 is 14.0 Å². The summed E-state index contributed by atoms with van der Waals surface area (Å²) in [4.78, 5) is 27.3. The summed E-state index contributed by atoms with van der Waals surface area (Å²) in [5.74, 6) is -0.115. The van der Waals surface area contributed by atoms with Crippen molar-refractivity contribution in [3.05, 3.63) is 59.4 Å². The van der Waals surface area contributed by atoms with Crippen molar-refractivity contribution in [1.82, 2.24) is 4.90 Å². The standard InChI is InChI=1S/C25H30FN3O2/c1-17-7-14-21(27-24(30)19-10-11-19)15-23(17)28-25(31)29(22-5-3-2-4-6-22)16-18-8-12-20(26)13-9-18/h7-9,12-15,19,22H,2-6,10-11,16H2,1H3,(H,27,30)(H,28,31). The molecule has 0 saturated heterocycles. The van der Waals surface area contributed by atoms with Crippen molar-refractivity contribution >= 4 is 23.3 Å². The highest BCUT2D eigenvalue weighted by Crippen LogP contribution is 2.31. The van der Waals surface area contributed by atoms with Gasteiger partial charge in [-0.25, -0.2) is 9.18 Å². The highest BCUT2D eigenvalue weighted by Gasteiger charge is 2.30. The van der Waals surface area contributed by atoms with Crippen molar-refractivity contribution in [2.45, 2.75) is 64.5 Å². The molecule has 4 rings (SSSR count). The number of benzene rings is 2. The number of urea groups is 1. The maximum Gasteiger partial charge on any atom is 0.322 e. The average molecular weight is 424 g/mol. The Labute approximate surface area is 183 Å². The van der Waals surface area contributed by atoms with Crippen LogP contribution in [-0.2, 0) is 11.3 Å². The third-order valence-corrected chi connectivity index (χ3v) is 6.24. The van der Waals surface area contributed by atoms with Crippen LogP contribution in [0.1, 0.15) is 56.1 Å². The molecule has 0 heterocycles. The van der Waals surface area contributed by atoms with Crippen LogP contribution in [0.5, 0.6) is 0 Å². The number of halogens is 1. The molecule has 164 valence electrons. The Balaban J connectivity index is 1.50. The first-order chi connectivity index (χ1) is 15.0. The van der Waals surface area contributed by atoms with Gasteiger partial charge in [0.05, 0.1) is 0 Å². The van der Waals surface area contributed by atoms with Crippen molar-refractivity contribution in [2.24, 2.45) is 5.92 Å². The number of nitrogens with zero attached hydrogens (tertiary/aromatic N) is 1. The van der Waals surface area contributed by atoms with Crippen LogP contribution in [0, 0.1) is 18.7 Å². The molecule has 6 heteroatoms. The zero-order chi connectivity index (χ0) is 21.8. The third-order valence-electron chi connectivity index (χ3n) is 6.24. The molecule has 0 bridgehead atoms. The van der Waals surface area contributed by atoms with E-state index in [2.05, 4.69) is 10.6 Å². The van der Waals surface area contributed by atoms with Gasteiger partial charge in [0.15, 0.2) is 0 Å². The van der Waals surface area contributed by atoms with E-state index >= 15 is 0 Å². The highest BCUT2D eigenvalue weighted by atomic mass is 19.1. The van der Waals surface area contributed by atoms with Crippen molar-refractivity contribution in [3.8, 4) is 0 Å². The van der Waals surface area contributed by atoms with Crippen LogP contribution in [0.3, 0.4) is 0 Å². The summed E-state index contributed by atoms with van der Waals surface area (Å²) in [6, 6.07) is 11.9. The molecular formula is C25H30FN3O2. The summed E-state index contributed by atoms with van der Waals surface area (Å²) in [5, 5.41) is 6.00. The topological polar surface area (TPSA) is 61.4 Å². The Morgan fingerprint density at radius 2 is 1.68 bits per heavy atom. The van der Waals surface area contributed by atoms with Crippen molar-refractivity contribution in [2.75, 3.05) is 10.6 Å². The van der Waals surface area contributed by atoms with Crippen molar-refractivity contribution in [3.63, 3.8) is 0 Å². The van der Waals surface area contributed by atoms with Crippen LogP contribution >= 0.6 is 0 Å². The Bertz CT molecular complexity index is 934. The predicted octanol–water partition coefficient (Wildman–Crippen LogP) is 5.85. The molecule has 3 amide bonds. The van der Waals surface area contributed by atoms with Crippen molar-refractivity contribution in [1.29, 1.82) is 0 Å². The average Bonchev–Trinajstić information content (AvgIpc) is 3.62. The molecule has 2 fully saturated rings. The monoisotopic (exact) mass is 423 g/mol. The smallest absolute Gasteiger partial charge is 0.322 e. The Kier molecular flexibility index (Phi) is 6.54. The van der Waals surface area contributed by atoms with Gasteiger partial charge in [0.2, 0.25) is 5.91 Å². The zero-order valence-electron chi connectivity index (χ0n) is 18.0. The van der Waals surface area contributed by atoms with E-state index in [1.165, 1.54) is 18.6 Å². The minimum Gasteiger partial charge on any atom is -0.326 e. The lowest BCUT2D eigenvalue weighted by atomic mass is 9.94. The first-order valence-corrected chi connectivity index (χ1v) is 11.2. The lowest BCUT2D eigenvalue weighted by Gasteiger charge is -2.34. The van der Waals surface area contributed by atoms with Gasteiger partial charge in [-0.2, -0.15) is 0 Å². The summed E-state index contributed by atoms with van der Waals surface area (Å²) >= 11 is 0. The molecule has 0 atom stereocenters. The second kappa shape index (κ2) is 9.50. The Morgan fingerprint density at radius 1 is 0.968 bits per heavy atom. The molecule has 0 radical (unpaired) electrons. The first kappa shape index (κ1) is 21.3. The zero-order valence-corrected chi connectivity index (χ0v) is 18.0. The quantitative estimate of drug-likeness (QED) is 0.612. The van der Waals surface area contributed by atoms with Crippen LogP contribution < -0.4 is 10.6 Å². The van der Waals surface area contributed by atoms with E-state index < -0.39 is 0 Å². The van der Waals surface area contributed by atoms with E-state index in [-0.39, 0.29) is 29.7 Å². The van der Waals surface area contributed by atoms with Crippen LogP contribution in [0.25, 0.3) is 0 Å². The van der Waals surface area contributed by atoms with Gasteiger partial charge < -0.3 is 15.5 Å². The van der Waals surface area contributed by atoms with E-state index in [1.54, 1.807) is 12.1 Å². The van der Waals surface area contributed by atoms with E-state index in [1.807, 2.05) is 30.0 Å². The molecule has 0 unspecified atom stereocenters. The van der Waals surface area contributed by atoms with Crippen LogP contribution in [0.4, 0.5) is 20.6 Å². The summed E-state index contributed by atoms with van der Waals surface area (Å²) in [7, 11) is 0. The molecule has 2 aromatic carbocycles. The van der Waals surface area contributed by atoms with Gasteiger partial charge >= 0.3 is 6.03 Å². The summed E-state index contributed by atoms with van der Waals surface area (Å²) in [6.45, 7) is 2.38. The fourth-order valence-electron chi connectivity index (χ4n) is 4.16. The van der Waals surface area contributed by atoms with E-state index in [0.717, 1.165) is 49.7 Å². The number of carbonyl (C=O) groups is 2. The van der Waals surface area contributed by atoms with E-state index in [9.17, 15) is 14.0 Å². The number of hydrogen-bond donors (Lipinski definition) is 2. The largest absolute Gasteiger partial charge is 0.326 e. The highest BCUT2D eigenvalue weighted by molar-refractivity contribution is 5.96. The van der Waals surface area contributed by atoms with Gasteiger partial charge in [0.1, 0.15) is 5.82 Å². The van der Waals surface area contributed by atoms with E-state index in [0.29, 0.717) is 17.9 Å². The Hall–Kier alpha value is -2.89. The van der Waals surface area contributed by atoms with Crippen LogP contribution in [-0.4, -0.2) is 22.9 Å². The molecular weight excluding hydrogens is 393 g/mol. The molecule has 2 aliphatic carbocycles. The summed E-state index contributed by atoms with van der Waals surface area (Å²) < 4.78 is 13.3. The molecule has 2 N–H and O–H groups in total. The molecule has 0 aromatic heterocycles. The molecule has 0 spiro atoms. The number of rotatable bonds is 6. The normalized spacial score (nSPS) is 16.6.